The van der Waals surface area contributed by atoms with E-state index in [4.69, 9.17) is 19.4 Å². The Bertz CT molecular complexity index is 2740. The molecule has 0 aliphatic carbocycles. The SMILES string of the molecule is c1ccc(-c2cc(-c3ccccc3)nc(-n3c4ccccc4c4ccc(-c5cc6c7c(c5)Oc5ccccc5N7c5ccccc5O6)cc43)n2)cc1. The highest BCUT2D eigenvalue weighted by Crippen LogP contribution is 2.60. The average Bonchev–Trinajstić information content (AvgIpc) is 3.55. The molecule has 0 saturated carbocycles. The predicted molar refractivity (Wildman–Crippen MR) is 208 cm³/mol. The molecule has 9 aromatic rings. The van der Waals surface area contributed by atoms with Gasteiger partial charge >= 0.3 is 0 Å². The predicted octanol–water partition coefficient (Wildman–Crippen LogP) is 12.3. The molecular weight excluding hydrogens is 641 g/mol. The molecule has 0 spiro atoms. The maximum atomic E-state index is 6.59. The Morgan fingerprint density at radius 1 is 0.385 bits per heavy atom. The summed E-state index contributed by atoms with van der Waals surface area (Å²) in [6.07, 6.45) is 0. The molecule has 4 heterocycles. The Morgan fingerprint density at radius 3 is 1.56 bits per heavy atom. The molecule has 0 amide bonds. The largest absolute Gasteiger partial charge is 0.453 e. The lowest BCUT2D eigenvalue weighted by Gasteiger charge is -2.38. The third-order valence-electron chi connectivity index (χ3n) is 9.98. The highest BCUT2D eigenvalue weighted by molar-refractivity contribution is 6.10. The van der Waals surface area contributed by atoms with Crippen LogP contribution in [0.15, 0.2) is 170 Å². The lowest BCUT2D eigenvalue weighted by molar-refractivity contribution is 0.446. The maximum Gasteiger partial charge on any atom is 0.235 e. The van der Waals surface area contributed by atoms with Crippen LogP contribution in [-0.4, -0.2) is 14.5 Å². The molecule has 6 heteroatoms. The molecule has 2 aromatic heterocycles. The number of nitrogens with zero attached hydrogens (tertiary/aromatic N) is 4. The minimum Gasteiger partial charge on any atom is -0.453 e. The van der Waals surface area contributed by atoms with Gasteiger partial charge in [-0.05, 0) is 65.7 Å². The van der Waals surface area contributed by atoms with Gasteiger partial charge in [0, 0.05) is 21.9 Å². The highest BCUT2D eigenvalue weighted by Gasteiger charge is 2.35. The highest BCUT2D eigenvalue weighted by atomic mass is 16.5. The van der Waals surface area contributed by atoms with Crippen LogP contribution in [-0.2, 0) is 0 Å². The van der Waals surface area contributed by atoms with Gasteiger partial charge in [0.2, 0.25) is 5.95 Å². The second-order valence-electron chi connectivity index (χ2n) is 13.1. The van der Waals surface area contributed by atoms with E-state index in [1.165, 1.54) is 0 Å². The first kappa shape index (κ1) is 28.6. The van der Waals surface area contributed by atoms with E-state index in [0.29, 0.717) is 5.95 Å². The van der Waals surface area contributed by atoms with E-state index in [2.05, 4.69) is 107 Å². The number of anilines is 3. The van der Waals surface area contributed by atoms with Crippen LogP contribution < -0.4 is 14.4 Å². The number of aromatic nitrogens is 3. The molecule has 244 valence electrons. The summed E-state index contributed by atoms with van der Waals surface area (Å²) in [4.78, 5) is 12.7. The summed E-state index contributed by atoms with van der Waals surface area (Å²) in [5.41, 5.74) is 10.7. The van der Waals surface area contributed by atoms with Gasteiger partial charge in [0.25, 0.3) is 0 Å². The Kier molecular flexibility index (Phi) is 6.15. The summed E-state index contributed by atoms with van der Waals surface area (Å²) in [6, 6.07) is 58.3. The lowest BCUT2D eigenvalue weighted by Crippen LogP contribution is -2.20. The van der Waals surface area contributed by atoms with E-state index in [-0.39, 0.29) is 0 Å². The van der Waals surface area contributed by atoms with Gasteiger partial charge in [-0.1, -0.05) is 115 Å². The Balaban J connectivity index is 1.13. The molecule has 6 nitrogen and oxygen atoms in total. The van der Waals surface area contributed by atoms with Crippen molar-refractivity contribution < 1.29 is 9.47 Å². The van der Waals surface area contributed by atoms with Crippen molar-refractivity contribution in [3.05, 3.63) is 170 Å². The van der Waals surface area contributed by atoms with Crippen molar-refractivity contribution in [3.63, 3.8) is 0 Å². The van der Waals surface area contributed by atoms with Gasteiger partial charge in [-0.15, -0.1) is 0 Å². The van der Waals surface area contributed by atoms with Crippen LogP contribution >= 0.6 is 0 Å². The summed E-state index contributed by atoms with van der Waals surface area (Å²) < 4.78 is 15.4. The van der Waals surface area contributed by atoms with E-state index in [1.54, 1.807) is 0 Å². The first-order chi connectivity index (χ1) is 25.8. The van der Waals surface area contributed by atoms with Crippen molar-refractivity contribution in [2.24, 2.45) is 0 Å². The van der Waals surface area contributed by atoms with Gasteiger partial charge in [-0.3, -0.25) is 9.47 Å². The molecule has 7 aromatic carbocycles. The molecule has 0 fully saturated rings. The zero-order chi connectivity index (χ0) is 34.2. The zero-order valence-corrected chi connectivity index (χ0v) is 27.8. The van der Waals surface area contributed by atoms with Crippen LogP contribution in [0.1, 0.15) is 0 Å². The fraction of sp³-hybridized carbons (Fsp3) is 0. The normalized spacial score (nSPS) is 12.5. The van der Waals surface area contributed by atoms with Crippen molar-refractivity contribution in [3.8, 4) is 62.6 Å². The smallest absolute Gasteiger partial charge is 0.235 e. The van der Waals surface area contributed by atoms with Crippen LogP contribution in [0.2, 0.25) is 0 Å². The number of ether oxygens (including phenoxy) is 2. The van der Waals surface area contributed by atoms with Gasteiger partial charge in [-0.25, -0.2) is 9.97 Å². The van der Waals surface area contributed by atoms with Crippen molar-refractivity contribution >= 4 is 38.9 Å². The van der Waals surface area contributed by atoms with Crippen molar-refractivity contribution in [2.45, 2.75) is 0 Å². The van der Waals surface area contributed by atoms with Gasteiger partial charge in [0.05, 0.1) is 33.8 Å². The quantitative estimate of drug-likeness (QED) is 0.187. The second-order valence-corrected chi connectivity index (χ2v) is 13.1. The molecule has 0 atom stereocenters. The molecule has 0 bridgehead atoms. The fourth-order valence-corrected chi connectivity index (χ4v) is 7.60. The van der Waals surface area contributed by atoms with E-state index in [0.717, 1.165) is 95.5 Å². The minimum absolute atomic E-state index is 0.611. The third-order valence-corrected chi connectivity index (χ3v) is 9.98. The minimum atomic E-state index is 0.611. The number of hydrogen-bond acceptors (Lipinski definition) is 5. The molecule has 2 aliphatic heterocycles. The number of fused-ring (bicyclic) bond motifs is 7. The summed E-state index contributed by atoms with van der Waals surface area (Å²) >= 11 is 0. The summed E-state index contributed by atoms with van der Waals surface area (Å²) in [5.74, 6) is 3.70. The molecular formula is C46H28N4O2. The van der Waals surface area contributed by atoms with E-state index in [1.807, 2.05) is 72.8 Å². The van der Waals surface area contributed by atoms with Crippen LogP contribution in [0.3, 0.4) is 0 Å². The van der Waals surface area contributed by atoms with Gasteiger partial charge in [0.1, 0.15) is 5.69 Å². The maximum absolute atomic E-state index is 6.59. The third kappa shape index (κ3) is 4.38. The number of rotatable bonds is 4. The summed E-state index contributed by atoms with van der Waals surface area (Å²) in [6.45, 7) is 0. The molecule has 52 heavy (non-hydrogen) atoms. The number of para-hydroxylation sites is 5. The Morgan fingerprint density at radius 2 is 0.923 bits per heavy atom. The lowest BCUT2D eigenvalue weighted by atomic mass is 9.99. The van der Waals surface area contributed by atoms with Gasteiger partial charge in [0.15, 0.2) is 23.0 Å². The Labute approximate surface area is 299 Å². The van der Waals surface area contributed by atoms with Crippen molar-refractivity contribution in [1.82, 2.24) is 14.5 Å². The number of benzene rings is 7. The van der Waals surface area contributed by atoms with Crippen molar-refractivity contribution in [2.75, 3.05) is 4.90 Å². The first-order valence-corrected chi connectivity index (χ1v) is 17.3. The van der Waals surface area contributed by atoms with Crippen molar-refractivity contribution in [1.29, 1.82) is 0 Å². The second kappa shape index (κ2) is 11.2. The van der Waals surface area contributed by atoms with Crippen LogP contribution in [0.25, 0.3) is 61.4 Å². The molecule has 2 aliphatic rings. The molecule has 0 radical (unpaired) electrons. The van der Waals surface area contributed by atoms with Gasteiger partial charge in [-0.2, -0.15) is 0 Å². The monoisotopic (exact) mass is 668 g/mol. The fourth-order valence-electron chi connectivity index (χ4n) is 7.60. The summed E-state index contributed by atoms with van der Waals surface area (Å²) in [5, 5.41) is 2.25. The molecule has 0 unspecified atom stereocenters. The standard InChI is InChI=1S/C46H28N4O2/c1-3-13-29(14-4-1)35-28-36(30-15-5-2-6-16-30)48-46(47-35)50-37-18-8-7-17-33(37)34-24-23-31(25-40(34)50)32-26-43-45-44(27-32)52-42-22-12-10-20-39(42)49(45)38-19-9-11-21-41(38)51-43/h1-28H. The molecule has 0 N–H and O–H groups in total. The van der Waals surface area contributed by atoms with E-state index in [9.17, 15) is 0 Å². The van der Waals surface area contributed by atoms with E-state index >= 15 is 0 Å². The molecule has 0 saturated heterocycles. The van der Waals surface area contributed by atoms with Crippen LogP contribution in [0.4, 0.5) is 17.1 Å². The average molecular weight is 669 g/mol. The summed E-state index contributed by atoms with van der Waals surface area (Å²) in [7, 11) is 0. The zero-order valence-electron chi connectivity index (χ0n) is 27.8. The number of hydrogen-bond donors (Lipinski definition) is 0. The molecule has 11 rings (SSSR count). The Hall–Kier alpha value is -7.18. The topological polar surface area (TPSA) is 52.4 Å². The van der Waals surface area contributed by atoms with E-state index < -0.39 is 0 Å². The van der Waals surface area contributed by atoms with Gasteiger partial charge < -0.3 is 9.47 Å². The first-order valence-electron chi connectivity index (χ1n) is 17.3. The van der Waals surface area contributed by atoms with Crippen LogP contribution in [0, 0.1) is 0 Å². The van der Waals surface area contributed by atoms with Crippen LogP contribution in [0.5, 0.6) is 23.0 Å².